The Hall–Kier alpha value is -2.08. The average Bonchev–Trinajstić information content (AvgIpc) is 2.97. The van der Waals surface area contributed by atoms with E-state index in [0.717, 1.165) is 32.6 Å². The molecule has 1 aromatic rings. The van der Waals surface area contributed by atoms with Gasteiger partial charge in [0, 0.05) is 32.2 Å². The van der Waals surface area contributed by atoms with Crippen molar-refractivity contribution < 1.29 is 14.7 Å². The Morgan fingerprint density at radius 3 is 2.78 bits per heavy atom. The second kappa shape index (κ2) is 6.58. The van der Waals surface area contributed by atoms with Crippen molar-refractivity contribution in [2.24, 2.45) is 11.8 Å². The molecule has 2 aliphatic rings. The monoisotopic (exact) mass is 317 g/mol. The van der Waals surface area contributed by atoms with Gasteiger partial charge in [0.2, 0.25) is 5.91 Å². The van der Waals surface area contributed by atoms with Crippen LogP contribution >= 0.6 is 0 Å². The molecule has 2 heterocycles. The number of carbonyl (C=O) groups excluding carboxylic acids is 2. The molecule has 0 bridgehead atoms. The maximum absolute atomic E-state index is 12.6. The number of hydrogen-bond donors (Lipinski definition) is 2. The van der Waals surface area contributed by atoms with Gasteiger partial charge in [0.05, 0.1) is 6.54 Å². The van der Waals surface area contributed by atoms with Gasteiger partial charge in [0.1, 0.15) is 5.75 Å². The minimum atomic E-state index is -0.0202. The van der Waals surface area contributed by atoms with Crippen molar-refractivity contribution in [2.75, 3.05) is 39.8 Å². The molecule has 124 valence electrons. The van der Waals surface area contributed by atoms with Crippen molar-refractivity contribution >= 4 is 11.8 Å². The van der Waals surface area contributed by atoms with E-state index in [4.69, 9.17) is 0 Å². The number of nitrogens with one attached hydrogen (secondary N) is 1. The fourth-order valence-corrected chi connectivity index (χ4v) is 3.66. The lowest BCUT2D eigenvalue weighted by Gasteiger charge is -2.33. The third-order valence-corrected chi connectivity index (χ3v) is 4.91. The molecule has 2 fully saturated rings. The quantitative estimate of drug-likeness (QED) is 0.853. The van der Waals surface area contributed by atoms with Crippen LogP contribution < -0.4 is 5.32 Å². The summed E-state index contributed by atoms with van der Waals surface area (Å²) in [6, 6.07) is 6.51. The Kier molecular flexibility index (Phi) is 4.52. The summed E-state index contributed by atoms with van der Waals surface area (Å²) in [6.45, 7) is 3.70. The van der Waals surface area contributed by atoms with Gasteiger partial charge in [-0.2, -0.15) is 0 Å². The number of amides is 2. The van der Waals surface area contributed by atoms with E-state index in [-0.39, 0.29) is 17.6 Å². The van der Waals surface area contributed by atoms with Crippen LogP contribution in [-0.4, -0.2) is 66.5 Å². The maximum atomic E-state index is 12.6. The Bertz CT molecular complexity index is 605. The normalized spacial score (nSPS) is 24.3. The van der Waals surface area contributed by atoms with Crippen LogP contribution in [0, 0.1) is 11.8 Å². The van der Waals surface area contributed by atoms with Crippen molar-refractivity contribution in [3.63, 3.8) is 0 Å². The number of benzene rings is 1. The number of likely N-dealkylation sites (tertiary alicyclic amines) is 2. The van der Waals surface area contributed by atoms with Crippen LogP contribution in [-0.2, 0) is 4.79 Å². The Morgan fingerprint density at radius 2 is 2.04 bits per heavy atom. The van der Waals surface area contributed by atoms with Crippen molar-refractivity contribution in [1.29, 1.82) is 0 Å². The first-order valence-corrected chi connectivity index (χ1v) is 8.08. The van der Waals surface area contributed by atoms with Crippen molar-refractivity contribution in [3.8, 4) is 5.75 Å². The smallest absolute Gasteiger partial charge is 0.254 e. The van der Waals surface area contributed by atoms with E-state index in [1.807, 2.05) is 4.90 Å². The molecule has 2 saturated heterocycles. The number of phenolic OH excluding ortho intramolecular Hbond substituents is 1. The first-order valence-electron chi connectivity index (χ1n) is 8.08. The molecule has 23 heavy (non-hydrogen) atoms. The van der Waals surface area contributed by atoms with Crippen molar-refractivity contribution in [2.45, 2.75) is 6.42 Å². The highest BCUT2D eigenvalue weighted by Gasteiger charge is 2.39. The zero-order valence-electron chi connectivity index (χ0n) is 13.4. The summed E-state index contributed by atoms with van der Waals surface area (Å²) in [6.07, 6.45) is 1.02. The molecule has 6 heteroatoms. The van der Waals surface area contributed by atoms with Gasteiger partial charge in [-0.1, -0.05) is 6.07 Å². The third-order valence-electron chi connectivity index (χ3n) is 4.91. The first-order chi connectivity index (χ1) is 11.1. The summed E-state index contributed by atoms with van der Waals surface area (Å²) < 4.78 is 0. The molecule has 3 rings (SSSR count). The summed E-state index contributed by atoms with van der Waals surface area (Å²) in [4.78, 5) is 28.2. The van der Waals surface area contributed by atoms with Gasteiger partial charge in [-0.25, -0.2) is 0 Å². The molecular weight excluding hydrogens is 294 g/mol. The summed E-state index contributed by atoms with van der Waals surface area (Å²) in [5, 5.41) is 12.2. The van der Waals surface area contributed by atoms with Crippen LogP contribution in [0.25, 0.3) is 0 Å². The summed E-state index contributed by atoms with van der Waals surface area (Å²) in [7, 11) is 1.65. The summed E-state index contributed by atoms with van der Waals surface area (Å²) >= 11 is 0. The predicted molar refractivity (Wildman–Crippen MR) is 86.1 cm³/mol. The predicted octanol–water partition coefficient (Wildman–Crippen LogP) is 0.532. The van der Waals surface area contributed by atoms with E-state index in [1.54, 1.807) is 25.2 Å². The number of rotatable bonds is 3. The molecular formula is C17H23N3O3. The van der Waals surface area contributed by atoms with Crippen LogP contribution in [0.4, 0.5) is 0 Å². The molecule has 2 N–H and O–H groups in total. The fourth-order valence-electron chi connectivity index (χ4n) is 3.66. The SMILES string of the molecule is CNC(=O)CN1CC[C@H]2CN(C(=O)c3cccc(O)c3)C[C@H]2C1. The molecule has 1 aromatic carbocycles. The molecule has 0 unspecified atom stereocenters. The van der Waals surface area contributed by atoms with Crippen molar-refractivity contribution in [3.05, 3.63) is 29.8 Å². The number of phenols is 1. The van der Waals surface area contributed by atoms with Crippen LogP contribution in [0.1, 0.15) is 16.8 Å². The number of hydrogen-bond acceptors (Lipinski definition) is 4. The second-order valence-electron chi connectivity index (χ2n) is 6.48. The molecule has 2 aliphatic heterocycles. The van der Waals surface area contributed by atoms with E-state index in [2.05, 4.69) is 10.2 Å². The Labute approximate surface area is 136 Å². The van der Waals surface area contributed by atoms with E-state index in [9.17, 15) is 14.7 Å². The second-order valence-corrected chi connectivity index (χ2v) is 6.48. The minimum absolute atomic E-state index is 0.0202. The summed E-state index contributed by atoms with van der Waals surface area (Å²) in [5.74, 6) is 1.07. The van der Waals surface area contributed by atoms with Crippen LogP contribution in [0.5, 0.6) is 5.75 Å². The standard InChI is InChI=1S/C17H23N3O3/c1-18-16(22)11-19-6-5-13-9-20(10-14(13)8-19)17(23)12-3-2-4-15(21)7-12/h2-4,7,13-14,21H,5-6,8-11H2,1H3,(H,18,22)/t13-,14+/m0/s1. The van der Waals surface area contributed by atoms with Gasteiger partial charge in [0.25, 0.3) is 5.91 Å². The lowest BCUT2D eigenvalue weighted by atomic mass is 9.89. The molecule has 0 aliphatic carbocycles. The highest BCUT2D eigenvalue weighted by Crippen LogP contribution is 2.32. The lowest BCUT2D eigenvalue weighted by molar-refractivity contribution is -0.122. The van der Waals surface area contributed by atoms with Gasteiger partial charge in [0.15, 0.2) is 0 Å². The summed E-state index contributed by atoms with van der Waals surface area (Å²) in [5.41, 5.74) is 0.533. The number of fused-ring (bicyclic) bond motifs is 1. The Balaban J connectivity index is 1.62. The minimum Gasteiger partial charge on any atom is -0.508 e. The molecule has 2 amide bonds. The lowest BCUT2D eigenvalue weighted by Crippen LogP contribution is -2.44. The average molecular weight is 317 g/mol. The molecule has 0 saturated carbocycles. The van der Waals surface area contributed by atoms with Gasteiger partial charge >= 0.3 is 0 Å². The number of nitrogens with zero attached hydrogens (tertiary/aromatic N) is 2. The van der Waals surface area contributed by atoms with Gasteiger partial charge in [-0.3, -0.25) is 14.5 Å². The number of likely N-dealkylation sites (N-methyl/N-ethyl adjacent to an activating group) is 1. The number of aromatic hydroxyl groups is 1. The number of piperidine rings is 1. The topological polar surface area (TPSA) is 72.9 Å². The number of carbonyl (C=O) groups is 2. The molecule has 2 atom stereocenters. The van der Waals surface area contributed by atoms with E-state index in [1.165, 1.54) is 6.07 Å². The molecule has 0 spiro atoms. The maximum Gasteiger partial charge on any atom is 0.254 e. The van der Waals surface area contributed by atoms with E-state index >= 15 is 0 Å². The zero-order valence-corrected chi connectivity index (χ0v) is 13.4. The molecule has 6 nitrogen and oxygen atoms in total. The van der Waals surface area contributed by atoms with Gasteiger partial charge in [-0.05, 0) is 43.0 Å². The highest BCUT2D eigenvalue weighted by atomic mass is 16.3. The highest BCUT2D eigenvalue weighted by molar-refractivity contribution is 5.94. The van der Waals surface area contributed by atoms with E-state index < -0.39 is 0 Å². The van der Waals surface area contributed by atoms with Crippen LogP contribution in [0.15, 0.2) is 24.3 Å². The third kappa shape index (κ3) is 3.47. The van der Waals surface area contributed by atoms with Gasteiger partial charge in [-0.15, -0.1) is 0 Å². The molecule has 0 radical (unpaired) electrons. The van der Waals surface area contributed by atoms with E-state index in [0.29, 0.717) is 23.9 Å². The van der Waals surface area contributed by atoms with Crippen LogP contribution in [0.2, 0.25) is 0 Å². The largest absolute Gasteiger partial charge is 0.508 e. The van der Waals surface area contributed by atoms with Crippen LogP contribution in [0.3, 0.4) is 0 Å². The fraction of sp³-hybridized carbons (Fsp3) is 0.529. The zero-order chi connectivity index (χ0) is 16.4. The van der Waals surface area contributed by atoms with Crippen molar-refractivity contribution in [1.82, 2.24) is 15.1 Å². The Morgan fingerprint density at radius 1 is 1.26 bits per heavy atom. The molecule has 0 aromatic heterocycles. The first kappa shape index (κ1) is 15.8. The van der Waals surface area contributed by atoms with Gasteiger partial charge < -0.3 is 15.3 Å².